The lowest BCUT2D eigenvalue weighted by molar-refractivity contribution is -0.120. The third kappa shape index (κ3) is 3.79. The van der Waals surface area contributed by atoms with Crippen molar-refractivity contribution in [3.05, 3.63) is 82.6 Å². The lowest BCUT2D eigenvalue weighted by atomic mass is 9.71. The number of fused-ring (bicyclic) bond motifs is 1. The second kappa shape index (κ2) is 7.91. The molecule has 2 amide bonds. The Balaban J connectivity index is 1.49. The Hall–Kier alpha value is -3.61. The molecule has 0 bridgehead atoms. The summed E-state index contributed by atoms with van der Waals surface area (Å²) in [5, 5.41) is 5.77. The zero-order valence-electron chi connectivity index (χ0n) is 18.1. The van der Waals surface area contributed by atoms with Gasteiger partial charge >= 0.3 is 0 Å². The molecule has 7 nitrogen and oxygen atoms in total. The van der Waals surface area contributed by atoms with Gasteiger partial charge in [-0.3, -0.25) is 19.6 Å². The number of rotatable bonds is 5. The van der Waals surface area contributed by atoms with Crippen LogP contribution in [-0.2, 0) is 16.8 Å². The van der Waals surface area contributed by atoms with Gasteiger partial charge in [0.2, 0.25) is 5.91 Å². The second-order valence-electron chi connectivity index (χ2n) is 8.20. The smallest absolute Gasteiger partial charge is 0.270 e. The summed E-state index contributed by atoms with van der Waals surface area (Å²) in [5.74, 6) is 0.127. The minimum Gasteiger partial charge on any atom is -0.347 e. The van der Waals surface area contributed by atoms with Crippen molar-refractivity contribution in [3.63, 3.8) is 0 Å². The number of nitrogens with zero attached hydrogens (tertiary/aromatic N) is 3. The number of carbonyl (C=O) groups excluding carboxylic acids is 2. The van der Waals surface area contributed by atoms with Gasteiger partial charge in [0.25, 0.3) is 5.91 Å². The minimum absolute atomic E-state index is 0.0848. The molecular weight excluding hydrogens is 390 g/mol. The number of carbonyl (C=O) groups is 2. The van der Waals surface area contributed by atoms with Crippen LogP contribution in [0.3, 0.4) is 0 Å². The molecule has 158 valence electrons. The first-order valence-electron chi connectivity index (χ1n) is 10.2. The highest BCUT2D eigenvalue weighted by atomic mass is 16.2. The van der Waals surface area contributed by atoms with Crippen molar-refractivity contribution in [2.75, 3.05) is 5.32 Å². The molecule has 7 heteroatoms. The Bertz CT molecular complexity index is 1140. The maximum atomic E-state index is 12.8. The third-order valence-electron chi connectivity index (χ3n) is 6.05. The van der Waals surface area contributed by atoms with Crippen molar-refractivity contribution in [2.45, 2.75) is 45.6 Å². The molecule has 0 aromatic carbocycles. The monoisotopic (exact) mass is 415 g/mol. The normalized spacial score (nSPS) is 18.3. The van der Waals surface area contributed by atoms with Crippen molar-refractivity contribution in [1.29, 1.82) is 0 Å². The standard InChI is InChI=1S/C24H25N5O2/c1-14-10-17(11-15(2)28-14)12-27-22(30)20-8-7-18(13-26-20)16(3)24(4)19-6-5-9-25-21(19)29-23(24)31/h5-11,13,16H,12H2,1-4H3,(H,27,30)(H,25,29,31). The first-order valence-corrected chi connectivity index (χ1v) is 10.2. The van der Waals surface area contributed by atoms with Crippen LogP contribution in [-0.4, -0.2) is 26.8 Å². The molecule has 3 aromatic rings. The lowest BCUT2D eigenvalue weighted by Crippen LogP contribution is -2.36. The zero-order valence-corrected chi connectivity index (χ0v) is 18.1. The molecule has 0 aliphatic carbocycles. The molecule has 2 atom stereocenters. The molecule has 0 saturated heterocycles. The highest BCUT2D eigenvalue weighted by molar-refractivity contribution is 6.05. The predicted molar refractivity (Wildman–Crippen MR) is 118 cm³/mol. The van der Waals surface area contributed by atoms with E-state index in [0.29, 0.717) is 18.1 Å². The van der Waals surface area contributed by atoms with Crippen LogP contribution in [0.15, 0.2) is 48.8 Å². The van der Waals surface area contributed by atoms with Gasteiger partial charge in [-0.1, -0.05) is 19.1 Å². The van der Waals surface area contributed by atoms with Crippen LogP contribution in [0.5, 0.6) is 0 Å². The van der Waals surface area contributed by atoms with E-state index in [4.69, 9.17) is 0 Å². The Labute approximate surface area is 181 Å². The van der Waals surface area contributed by atoms with E-state index in [0.717, 1.165) is 28.1 Å². The average Bonchev–Trinajstić information content (AvgIpc) is 3.02. The number of anilines is 1. The Morgan fingerprint density at radius 2 is 1.90 bits per heavy atom. The van der Waals surface area contributed by atoms with E-state index >= 15 is 0 Å². The topological polar surface area (TPSA) is 96.9 Å². The van der Waals surface area contributed by atoms with E-state index in [1.807, 2.05) is 58.0 Å². The summed E-state index contributed by atoms with van der Waals surface area (Å²) in [4.78, 5) is 38.3. The SMILES string of the molecule is Cc1cc(CNC(=O)c2ccc(C(C)C3(C)C(=O)Nc4ncccc43)cn2)cc(C)n1. The summed E-state index contributed by atoms with van der Waals surface area (Å²) in [6.45, 7) is 8.18. The number of pyridine rings is 3. The number of aromatic nitrogens is 3. The molecule has 2 N–H and O–H groups in total. The summed E-state index contributed by atoms with van der Waals surface area (Å²) in [7, 11) is 0. The van der Waals surface area contributed by atoms with Crippen LogP contribution < -0.4 is 10.6 Å². The third-order valence-corrected chi connectivity index (χ3v) is 6.05. The van der Waals surface area contributed by atoms with Crippen LogP contribution in [0, 0.1) is 13.8 Å². The van der Waals surface area contributed by atoms with Gasteiger partial charge in [0.15, 0.2) is 0 Å². The van der Waals surface area contributed by atoms with Crippen LogP contribution in [0.25, 0.3) is 0 Å². The largest absolute Gasteiger partial charge is 0.347 e. The molecule has 0 spiro atoms. The Morgan fingerprint density at radius 3 is 2.58 bits per heavy atom. The predicted octanol–water partition coefficient (Wildman–Crippen LogP) is 3.43. The maximum absolute atomic E-state index is 12.8. The fraction of sp³-hybridized carbons (Fsp3) is 0.292. The van der Waals surface area contributed by atoms with E-state index < -0.39 is 5.41 Å². The van der Waals surface area contributed by atoms with Gasteiger partial charge in [0, 0.05) is 41.8 Å². The van der Waals surface area contributed by atoms with Crippen molar-refractivity contribution >= 4 is 17.6 Å². The van der Waals surface area contributed by atoms with Crippen LogP contribution in [0.2, 0.25) is 0 Å². The fourth-order valence-electron chi connectivity index (χ4n) is 4.14. The molecule has 0 saturated carbocycles. The van der Waals surface area contributed by atoms with E-state index in [2.05, 4.69) is 25.6 Å². The minimum atomic E-state index is -0.758. The summed E-state index contributed by atoms with van der Waals surface area (Å²) in [6.07, 6.45) is 3.34. The summed E-state index contributed by atoms with van der Waals surface area (Å²) >= 11 is 0. The highest BCUT2D eigenvalue weighted by Crippen LogP contribution is 2.45. The second-order valence-corrected chi connectivity index (χ2v) is 8.20. The van der Waals surface area contributed by atoms with E-state index in [9.17, 15) is 9.59 Å². The van der Waals surface area contributed by atoms with E-state index in [-0.39, 0.29) is 17.7 Å². The molecule has 3 aromatic heterocycles. The van der Waals surface area contributed by atoms with Crippen LogP contribution in [0.4, 0.5) is 5.82 Å². The van der Waals surface area contributed by atoms with Crippen molar-refractivity contribution in [1.82, 2.24) is 20.3 Å². The first kappa shape index (κ1) is 20.7. The Kier molecular flexibility index (Phi) is 5.27. The fourth-order valence-corrected chi connectivity index (χ4v) is 4.14. The van der Waals surface area contributed by atoms with Gasteiger partial charge in [0.05, 0.1) is 5.41 Å². The van der Waals surface area contributed by atoms with Gasteiger partial charge < -0.3 is 10.6 Å². The van der Waals surface area contributed by atoms with E-state index in [1.54, 1.807) is 18.5 Å². The average molecular weight is 415 g/mol. The summed E-state index contributed by atoms with van der Waals surface area (Å²) < 4.78 is 0. The molecule has 0 fully saturated rings. The number of hydrogen-bond donors (Lipinski definition) is 2. The van der Waals surface area contributed by atoms with Gasteiger partial charge in [-0.05, 0) is 56.2 Å². The molecule has 31 heavy (non-hydrogen) atoms. The van der Waals surface area contributed by atoms with Crippen molar-refractivity contribution in [2.24, 2.45) is 0 Å². The van der Waals surface area contributed by atoms with Gasteiger partial charge in [-0.15, -0.1) is 0 Å². The van der Waals surface area contributed by atoms with Crippen molar-refractivity contribution in [3.8, 4) is 0 Å². The summed E-state index contributed by atoms with van der Waals surface area (Å²) in [5.41, 5.74) is 4.16. The number of hydrogen-bond acceptors (Lipinski definition) is 5. The first-order chi connectivity index (χ1) is 14.8. The Morgan fingerprint density at radius 1 is 1.16 bits per heavy atom. The number of amides is 2. The molecule has 4 rings (SSSR count). The van der Waals surface area contributed by atoms with E-state index in [1.165, 1.54) is 0 Å². The number of nitrogens with one attached hydrogen (secondary N) is 2. The maximum Gasteiger partial charge on any atom is 0.270 e. The van der Waals surface area contributed by atoms with Crippen molar-refractivity contribution < 1.29 is 9.59 Å². The quantitative estimate of drug-likeness (QED) is 0.665. The molecule has 0 radical (unpaired) electrons. The molecule has 4 heterocycles. The van der Waals surface area contributed by atoms with Crippen LogP contribution in [0.1, 0.15) is 58.3 Å². The molecular formula is C24H25N5O2. The zero-order chi connectivity index (χ0) is 22.2. The van der Waals surface area contributed by atoms with Gasteiger partial charge in [-0.25, -0.2) is 4.98 Å². The molecule has 1 aliphatic heterocycles. The van der Waals surface area contributed by atoms with Gasteiger partial charge in [0.1, 0.15) is 11.5 Å². The lowest BCUT2D eigenvalue weighted by Gasteiger charge is -2.29. The van der Waals surface area contributed by atoms with Crippen LogP contribution >= 0.6 is 0 Å². The summed E-state index contributed by atoms with van der Waals surface area (Å²) in [6, 6.07) is 11.2. The van der Waals surface area contributed by atoms with Gasteiger partial charge in [-0.2, -0.15) is 0 Å². The molecule has 1 aliphatic rings. The number of aryl methyl sites for hydroxylation is 2. The highest BCUT2D eigenvalue weighted by Gasteiger charge is 2.47. The molecule has 2 unspecified atom stereocenters.